The first kappa shape index (κ1) is 10.4. The SMILES string of the molecule is CC(=O)C(C)(O)CC(F)(F)F. The van der Waals surface area contributed by atoms with Crippen molar-refractivity contribution >= 4 is 5.78 Å². The molecule has 0 fully saturated rings. The molecule has 0 saturated heterocycles. The van der Waals surface area contributed by atoms with Crippen LogP contribution < -0.4 is 0 Å². The number of aliphatic hydroxyl groups is 1. The molecule has 0 radical (unpaired) electrons. The Morgan fingerprint density at radius 1 is 1.45 bits per heavy atom. The zero-order chi connectivity index (χ0) is 9.28. The molecule has 0 aromatic heterocycles. The highest BCUT2D eigenvalue weighted by atomic mass is 19.4. The van der Waals surface area contributed by atoms with Crippen molar-refractivity contribution < 1.29 is 23.1 Å². The Bertz CT molecular complexity index is 160. The predicted octanol–water partition coefficient (Wildman–Crippen LogP) is 1.28. The second-order valence-corrected chi connectivity index (χ2v) is 2.62. The van der Waals surface area contributed by atoms with Crippen molar-refractivity contribution in [2.75, 3.05) is 0 Å². The summed E-state index contributed by atoms with van der Waals surface area (Å²) in [5, 5.41) is 8.86. The Labute approximate surface area is 62.0 Å². The minimum atomic E-state index is -4.50. The molecule has 0 aromatic carbocycles. The van der Waals surface area contributed by atoms with Crippen LogP contribution in [0.15, 0.2) is 0 Å². The van der Waals surface area contributed by atoms with Gasteiger partial charge in [0.1, 0.15) is 5.60 Å². The van der Waals surface area contributed by atoms with E-state index in [0.717, 1.165) is 13.8 Å². The summed E-state index contributed by atoms with van der Waals surface area (Å²) >= 11 is 0. The van der Waals surface area contributed by atoms with E-state index in [1.165, 1.54) is 0 Å². The smallest absolute Gasteiger partial charge is 0.382 e. The van der Waals surface area contributed by atoms with Gasteiger partial charge in [0.2, 0.25) is 0 Å². The first-order valence-electron chi connectivity index (χ1n) is 2.95. The van der Waals surface area contributed by atoms with Crippen LogP contribution in [0.3, 0.4) is 0 Å². The number of carbonyl (C=O) groups is 1. The highest BCUT2D eigenvalue weighted by molar-refractivity contribution is 5.84. The van der Waals surface area contributed by atoms with Crippen molar-refractivity contribution in [1.82, 2.24) is 0 Å². The van der Waals surface area contributed by atoms with Gasteiger partial charge in [0.15, 0.2) is 5.78 Å². The van der Waals surface area contributed by atoms with Crippen LogP contribution in [-0.2, 0) is 4.79 Å². The first-order valence-corrected chi connectivity index (χ1v) is 2.95. The molecule has 1 unspecified atom stereocenters. The van der Waals surface area contributed by atoms with Crippen molar-refractivity contribution in [3.05, 3.63) is 0 Å². The molecule has 0 rings (SSSR count). The Balaban J connectivity index is 4.25. The summed E-state index contributed by atoms with van der Waals surface area (Å²) in [6.45, 7) is 1.77. The lowest BCUT2D eigenvalue weighted by Gasteiger charge is -2.20. The summed E-state index contributed by atoms with van der Waals surface area (Å²) in [6.07, 6.45) is -6.00. The fraction of sp³-hybridized carbons (Fsp3) is 0.833. The summed E-state index contributed by atoms with van der Waals surface area (Å²) < 4.78 is 34.8. The molecule has 0 aromatic rings. The quantitative estimate of drug-likeness (QED) is 0.677. The lowest BCUT2D eigenvalue weighted by molar-refractivity contribution is -0.178. The number of carbonyl (C=O) groups excluding carboxylic acids is 1. The molecular formula is C6H9F3O2. The molecule has 1 atom stereocenters. The van der Waals surface area contributed by atoms with E-state index in [1.54, 1.807) is 0 Å². The summed E-state index contributed by atoms with van der Waals surface area (Å²) in [5.41, 5.74) is -2.28. The van der Waals surface area contributed by atoms with Gasteiger partial charge in [-0.3, -0.25) is 4.79 Å². The van der Waals surface area contributed by atoms with Crippen molar-refractivity contribution in [2.24, 2.45) is 0 Å². The number of alkyl halides is 3. The summed E-state index contributed by atoms with van der Waals surface area (Å²) in [5.74, 6) is -0.880. The van der Waals surface area contributed by atoms with E-state index in [2.05, 4.69) is 0 Å². The van der Waals surface area contributed by atoms with Crippen LogP contribution in [0.25, 0.3) is 0 Å². The summed E-state index contributed by atoms with van der Waals surface area (Å²) in [6, 6.07) is 0. The van der Waals surface area contributed by atoms with Crippen LogP contribution in [0.2, 0.25) is 0 Å². The standard InChI is InChI=1S/C6H9F3O2/c1-4(10)5(2,11)3-6(7,8)9/h11H,3H2,1-2H3. The van der Waals surface area contributed by atoms with Crippen LogP contribution >= 0.6 is 0 Å². The minimum Gasteiger partial charge on any atom is -0.382 e. The maximum Gasteiger partial charge on any atom is 0.392 e. The van der Waals surface area contributed by atoms with E-state index in [1.807, 2.05) is 0 Å². The zero-order valence-electron chi connectivity index (χ0n) is 6.20. The largest absolute Gasteiger partial charge is 0.392 e. The van der Waals surface area contributed by atoms with Crippen LogP contribution in [0.4, 0.5) is 13.2 Å². The molecule has 66 valence electrons. The third-order valence-corrected chi connectivity index (χ3v) is 1.30. The highest BCUT2D eigenvalue weighted by Crippen LogP contribution is 2.27. The number of hydrogen-bond acceptors (Lipinski definition) is 2. The molecule has 11 heavy (non-hydrogen) atoms. The molecule has 0 heterocycles. The first-order chi connectivity index (χ1) is 4.65. The number of rotatable bonds is 2. The van der Waals surface area contributed by atoms with E-state index in [-0.39, 0.29) is 0 Å². The normalized spacial score (nSPS) is 17.6. The lowest BCUT2D eigenvalue weighted by Crippen LogP contribution is -2.38. The van der Waals surface area contributed by atoms with Crippen molar-refractivity contribution in [2.45, 2.75) is 32.0 Å². The number of ketones is 1. The van der Waals surface area contributed by atoms with Gasteiger partial charge in [0.05, 0.1) is 6.42 Å². The average Bonchev–Trinajstić information content (AvgIpc) is 1.56. The molecular weight excluding hydrogens is 161 g/mol. The minimum absolute atomic E-state index is 0.850. The van der Waals surface area contributed by atoms with Gasteiger partial charge < -0.3 is 5.11 Å². The van der Waals surface area contributed by atoms with Crippen molar-refractivity contribution in [3.8, 4) is 0 Å². The van der Waals surface area contributed by atoms with E-state index < -0.39 is 24.0 Å². The van der Waals surface area contributed by atoms with Gasteiger partial charge in [-0.05, 0) is 13.8 Å². The second-order valence-electron chi connectivity index (χ2n) is 2.62. The van der Waals surface area contributed by atoms with Crippen molar-refractivity contribution in [3.63, 3.8) is 0 Å². The average molecular weight is 170 g/mol. The molecule has 0 amide bonds. The van der Waals surface area contributed by atoms with Gasteiger partial charge in [-0.1, -0.05) is 0 Å². The molecule has 0 aliphatic heterocycles. The van der Waals surface area contributed by atoms with E-state index in [9.17, 15) is 18.0 Å². The third-order valence-electron chi connectivity index (χ3n) is 1.30. The Kier molecular flexibility index (Phi) is 2.66. The molecule has 2 nitrogen and oxygen atoms in total. The molecule has 1 N–H and O–H groups in total. The van der Waals surface area contributed by atoms with Gasteiger partial charge >= 0.3 is 6.18 Å². The van der Waals surface area contributed by atoms with Gasteiger partial charge in [-0.2, -0.15) is 13.2 Å². The van der Waals surface area contributed by atoms with E-state index in [4.69, 9.17) is 5.11 Å². The monoisotopic (exact) mass is 170 g/mol. The van der Waals surface area contributed by atoms with Gasteiger partial charge in [0, 0.05) is 0 Å². The van der Waals surface area contributed by atoms with Crippen LogP contribution in [0.1, 0.15) is 20.3 Å². The molecule has 0 bridgehead atoms. The lowest BCUT2D eigenvalue weighted by atomic mass is 9.98. The number of hydrogen-bond donors (Lipinski definition) is 1. The Hall–Kier alpha value is -0.580. The third kappa shape index (κ3) is 3.98. The van der Waals surface area contributed by atoms with Crippen molar-refractivity contribution in [1.29, 1.82) is 0 Å². The van der Waals surface area contributed by atoms with Crippen LogP contribution in [0, 0.1) is 0 Å². The van der Waals surface area contributed by atoms with E-state index in [0.29, 0.717) is 0 Å². The van der Waals surface area contributed by atoms with Gasteiger partial charge in [-0.25, -0.2) is 0 Å². The number of Topliss-reactive ketones (excluding diaryl/α,β-unsaturated/α-hetero) is 1. The Morgan fingerprint density at radius 2 is 1.82 bits per heavy atom. The van der Waals surface area contributed by atoms with Gasteiger partial charge in [-0.15, -0.1) is 0 Å². The fourth-order valence-corrected chi connectivity index (χ4v) is 0.515. The maximum atomic E-state index is 11.6. The number of halogens is 3. The Morgan fingerprint density at radius 3 is 1.91 bits per heavy atom. The summed E-state index contributed by atoms with van der Waals surface area (Å²) in [7, 11) is 0. The van der Waals surface area contributed by atoms with E-state index >= 15 is 0 Å². The molecule has 0 spiro atoms. The second kappa shape index (κ2) is 2.81. The molecule has 0 aliphatic rings. The molecule has 5 heteroatoms. The van der Waals surface area contributed by atoms with Gasteiger partial charge in [0.25, 0.3) is 0 Å². The fourth-order valence-electron chi connectivity index (χ4n) is 0.515. The van der Waals surface area contributed by atoms with Crippen LogP contribution in [0.5, 0.6) is 0 Å². The highest BCUT2D eigenvalue weighted by Gasteiger charge is 2.40. The molecule has 0 saturated carbocycles. The summed E-state index contributed by atoms with van der Waals surface area (Å²) in [4.78, 5) is 10.4. The predicted molar refractivity (Wildman–Crippen MR) is 32.0 cm³/mol. The van der Waals surface area contributed by atoms with Crippen LogP contribution in [-0.4, -0.2) is 22.7 Å². The molecule has 0 aliphatic carbocycles. The zero-order valence-corrected chi connectivity index (χ0v) is 6.20. The topological polar surface area (TPSA) is 37.3 Å². The maximum absolute atomic E-state index is 11.6.